The molecule has 34 heavy (non-hydrogen) atoms. The normalized spacial score (nSPS) is 14.1. The van der Waals surface area contributed by atoms with Crippen LogP contribution in [0.4, 0.5) is 22.0 Å². The largest absolute Gasteiger partial charge is 0.382 e. The Bertz CT molecular complexity index is 1560. The molecule has 0 aliphatic heterocycles. The summed E-state index contributed by atoms with van der Waals surface area (Å²) in [6, 6.07) is 7.85. The molecule has 0 amide bonds. The molecule has 1 aliphatic carbocycles. The number of nitriles is 1. The molecule has 3 heterocycles. The maximum atomic E-state index is 14.8. The van der Waals surface area contributed by atoms with Gasteiger partial charge in [0.05, 0.1) is 22.3 Å². The summed E-state index contributed by atoms with van der Waals surface area (Å²) in [4.78, 5) is 32.2. The molecule has 4 N–H and O–H groups in total. The Labute approximate surface area is 197 Å². The minimum Gasteiger partial charge on any atom is -0.382 e. The second-order valence-electron chi connectivity index (χ2n) is 7.91. The highest BCUT2D eigenvalue weighted by atomic mass is 35.5. The molecule has 0 spiro atoms. The van der Waals surface area contributed by atoms with E-state index in [1.165, 1.54) is 16.8 Å². The lowest BCUT2D eigenvalue weighted by molar-refractivity contribution is 0.585. The van der Waals surface area contributed by atoms with Crippen molar-refractivity contribution in [3.63, 3.8) is 0 Å². The van der Waals surface area contributed by atoms with Crippen LogP contribution < -0.4 is 21.9 Å². The first-order chi connectivity index (χ1) is 16.3. The predicted molar refractivity (Wildman–Crippen MR) is 125 cm³/mol. The summed E-state index contributed by atoms with van der Waals surface area (Å²) in [6.07, 6.45) is 4.15. The van der Waals surface area contributed by atoms with Crippen molar-refractivity contribution in [2.45, 2.75) is 18.4 Å². The van der Waals surface area contributed by atoms with Crippen molar-refractivity contribution >= 4 is 40.1 Å². The van der Waals surface area contributed by atoms with Gasteiger partial charge in [0.25, 0.3) is 5.56 Å². The Balaban J connectivity index is 1.84. The van der Waals surface area contributed by atoms with Crippen LogP contribution in [-0.2, 0) is 5.54 Å². The van der Waals surface area contributed by atoms with E-state index in [1.807, 2.05) is 6.07 Å². The first-order valence-corrected chi connectivity index (χ1v) is 10.5. The summed E-state index contributed by atoms with van der Waals surface area (Å²) in [5.74, 6) is -0.419. The minimum atomic E-state index is -0.906. The van der Waals surface area contributed by atoms with E-state index < -0.39 is 16.9 Å². The first kappa shape index (κ1) is 21.5. The summed E-state index contributed by atoms with van der Waals surface area (Å²) >= 11 is 6.28. The summed E-state index contributed by atoms with van der Waals surface area (Å²) in [6.45, 7) is 0. The zero-order valence-corrected chi connectivity index (χ0v) is 18.6. The number of aromatic nitrogens is 5. The predicted octanol–water partition coefficient (Wildman–Crippen LogP) is 2.52. The van der Waals surface area contributed by atoms with Crippen LogP contribution in [0.15, 0.2) is 41.5 Å². The number of halogens is 2. The summed E-state index contributed by atoms with van der Waals surface area (Å²) in [7, 11) is 1.69. The summed E-state index contributed by atoms with van der Waals surface area (Å²) in [5.41, 5.74) is 10.6. The quantitative estimate of drug-likeness (QED) is 0.451. The lowest BCUT2D eigenvalue weighted by Crippen LogP contribution is -2.39. The van der Waals surface area contributed by atoms with Crippen LogP contribution in [0, 0.1) is 17.1 Å². The van der Waals surface area contributed by atoms with E-state index >= 15 is 0 Å². The van der Waals surface area contributed by atoms with Gasteiger partial charge in [0.2, 0.25) is 5.95 Å². The zero-order valence-electron chi connectivity index (χ0n) is 17.8. The second-order valence-corrected chi connectivity index (χ2v) is 8.32. The Morgan fingerprint density at radius 2 is 2.00 bits per heavy atom. The van der Waals surface area contributed by atoms with Crippen molar-refractivity contribution in [3.05, 3.63) is 69.2 Å². The molecule has 0 radical (unpaired) electrons. The van der Waals surface area contributed by atoms with Crippen LogP contribution in [0.2, 0.25) is 5.02 Å². The fraction of sp³-hybridized carbons (Fsp3) is 0.182. The highest BCUT2D eigenvalue weighted by Gasteiger charge is 2.53. The molecule has 1 saturated carbocycles. The number of nitrogens with two attached hydrogens (primary N) is 2. The molecular formula is C22H17ClFN9O. The lowest BCUT2D eigenvalue weighted by Gasteiger charge is -2.31. The van der Waals surface area contributed by atoms with Gasteiger partial charge in [0.1, 0.15) is 40.1 Å². The van der Waals surface area contributed by atoms with Crippen LogP contribution in [0.5, 0.6) is 0 Å². The first-order valence-electron chi connectivity index (χ1n) is 10.2. The summed E-state index contributed by atoms with van der Waals surface area (Å²) in [5, 5.41) is 9.70. The minimum absolute atomic E-state index is 0.0354. The van der Waals surface area contributed by atoms with Crippen LogP contribution in [0.25, 0.3) is 16.6 Å². The Morgan fingerprint density at radius 1 is 1.24 bits per heavy atom. The molecule has 170 valence electrons. The van der Waals surface area contributed by atoms with Gasteiger partial charge in [-0.05, 0) is 37.1 Å². The Morgan fingerprint density at radius 3 is 2.65 bits per heavy atom. The van der Waals surface area contributed by atoms with Crippen molar-refractivity contribution < 1.29 is 4.39 Å². The van der Waals surface area contributed by atoms with Gasteiger partial charge in [-0.15, -0.1) is 0 Å². The van der Waals surface area contributed by atoms with Gasteiger partial charge in [-0.3, -0.25) is 14.3 Å². The average Bonchev–Trinajstić information content (AvgIpc) is 3.62. The van der Waals surface area contributed by atoms with Crippen molar-refractivity contribution in [2.75, 3.05) is 23.4 Å². The number of hydrogen-bond donors (Lipinski definition) is 2. The third-order valence-corrected chi connectivity index (χ3v) is 6.29. The molecule has 5 rings (SSSR count). The topological polar surface area (TPSA) is 153 Å². The Hall–Kier alpha value is -4.30. The van der Waals surface area contributed by atoms with Gasteiger partial charge in [-0.2, -0.15) is 15.2 Å². The molecule has 0 atom stereocenters. The fourth-order valence-electron chi connectivity index (χ4n) is 4.12. The molecule has 0 saturated heterocycles. The molecule has 0 bridgehead atoms. The highest BCUT2D eigenvalue weighted by Crippen LogP contribution is 2.52. The molecule has 1 aliphatic rings. The van der Waals surface area contributed by atoms with Gasteiger partial charge in [0, 0.05) is 13.2 Å². The van der Waals surface area contributed by atoms with E-state index in [2.05, 4.69) is 19.9 Å². The highest BCUT2D eigenvalue weighted by molar-refractivity contribution is 6.35. The Kier molecular flexibility index (Phi) is 4.84. The molecule has 10 nitrogen and oxygen atoms in total. The van der Waals surface area contributed by atoms with Crippen molar-refractivity contribution in [2.24, 2.45) is 0 Å². The van der Waals surface area contributed by atoms with E-state index in [0.29, 0.717) is 18.5 Å². The van der Waals surface area contributed by atoms with Crippen molar-refractivity contribution in [3.8, 4) is 11.8 Å². The lowest BCUT2D eigenvalue weighted by atomic mass is 10.1. The molecule has 0 unspecified atom stereocenters. The molecule has 4 aromatic rings. The standard InChI is InChI=1S/C22H17ClFN9O/c1-32(18-12(9-25)17(26)30-21(27)31-18)22(6-7-22)20-29-16-14(24)5-4-13(23)15(16)19(34)33(20)11-3-2-8-28-10-11/h2-5,8,10H,6-7H2,1H3,(H4,26,27,30,31). The number of hydrogen-bond acceptors (Lipinski definition) is 9. The number of anilines is 3. The van der Waals surface area contributed by atoms with Crippen LogP contribution in [0.3, 0.4) is 0 Å². The second kappa shape index (κ2) is 7.64. The third-order valence-electron chi connectivity index (χ3n) is 5.98. The van der Waals surface area contributed by atoms with Gasteiger partial charge < -0.3 is 16.4 Å². The van der Waals surface area contributed by atoms with Crippen LogP contribution >= 0.6 is 11.6 Å². The smallest absolute Gasteiger partial charge is 0.267 e. The number of nitrogens with zero attached hydrogens (tertiary/aromatic N) is 7. The zero-order chi connectivity index (χ0) is 24.2. The number of pyridine rings is 1. The molecule has 1 aromatic carbocycles. The van der Waals surface area contributed by atoms with Gasteiger partial charge in [0.15, 0.2) is 5.82 Å². The SMILES string of the molecule is CN(c1nc(N)nc(N)c1C#N)C1(c2nc3c(F)ccc(Cl)c3c(=O)n2-c2cccnc2)CC1. The monoisotopic (exact) mass is 477 g/mol. The molecule has 1 fully saturated rings. The maximum Gasteiger partial charge on any atom is 0.267 e. The van der Waals surface area contributed by atoms with Crippen molar-refractivity contribution in [1.29, 1.82) is 5.26 Å². The number of nitrogen functional groups attached to an aromatic ring is 2. The van der Waals surface area contributed by atoms with E-state index in [9.17, 15) is 14.4 Å². The van der Waals surface area contributed by atoms with E-state index in [0.717, 1.165) is 6.07 Å². The van der Waals surface area contributed by atoms with E-state index in [1.54, 1.807) is 30.3 Å². The average molecular weight is 478 g/mol. The number of benzene rings is 1. The van der Waals surface area contributed by atoms with E-state index in [-0.39, 0.29) is 44.9 Å². The van der Waals surface area contributed by atoms with Crippen LogP contribution in [-0.4, -0.2) is 31.6 Å². The summed E-state index contributed by atoms with van der Waals surface area (Å²) < 4.78 is 16.2. The number of fused-ring (bicyclic) bond motifs is 1. The van der Waals surface area contributed by atoms with Gasteiger partial charge >= 0.3 is 0 Å². The van der Waals surface area contributed by atoms with Gasteiger partial charge in [-0.25, -0.2) is 9.37 Å². The molecule has 12 heteroatoms. The third kappa shape index (κ3) is 3.11. The van der Waals surface area contributed by atoms with Crippen LogP contribution in [0.1, 0.15) is 24.2 Å². The molecular weight excluding hydrogens is 461 g/mol. The van der Waals surface area contributed by atoms with Gasteiger partial charge in [-0.1, -0.05) is 11.6 Å². The molecule has 3 aromatic heterocycles. The fourth-order valence-corrected chi connectivity index (χ4v) is 4.35. The maximum absolute atomic E-state index is 14.8. The van der Waals surface area contributed by atoms with E-state index in [4.69, 9.17) is 23.1 Å². The van der Waals surface area contributed by atoms with Crippen molar-refractivity contribution in [1.82, 2.24) is 24.5 Å². The number of rotatable bonds is 4.